The average Bonchev–Trinajstić information content (AvgIpc) is 3.35. The quantitative estimate of drug-likeness (QED) is 0.126. The van der Waals surface area contributed by atoms with Crippen LogP contribution in [0.25, 0.3) is 100 Å². The molecular weight excluding hydrogens is 911 g/mol. The fourth-order valence-electron chi connectivity index (χ4n) is 8.20. The van der Waals surface area contributed by atoms with Crippen molar-refractivity contribution in [1.82, 2.24) is 0 Å². The highest BCUT2D eigenvalue weighted by molar-refractivity contribution is 5.87. The van der Waals surface area contributed by atoms with E-state index in [4.69, 9.17) is 0 Å². The molecule has 0 unspecified atom stereocenters. The van der Waals surface area contributed by atoms with Crippen molar-refractivity contribution in [2.24, 2.45) is 0 Å². The van der Waals surface area contributed by atoms with Crippen LogP contribution in [0.4, 0.5) is 47.0 Å². The zero-order valence-corrected chi connectivity index (χ0v) is 37.3. The van der Waals surface area contributed by atoms with Crippen molar-refractivity contribution in [3.8, 4) is 100 Å². The summed E-state index contributed by atoms with van der Waals surface area (Å²) in [5.74, 6) is 0. The van der Waals surface area contributed by atoms with Crippen LogP contribution in [-0.4, -0.2) is 0 Å². The molecule has 0 aliphatic rings. The van der Waals surface area contributed by atoms with Gasteiger partial charge < -0.3 is 0 Å². The first-order chi connectivity index (χ1) is 29.7. The van der Waals surface area contributed by atoms with E-state index in [-0.39, 0.29) is 47.0 Å². The first-order valence-corrected chi connectivity index (χ1v) is 20.6. The van der Waals surface area contributed by atoms with E-state index in [1.54, 1.807) is 0 Å². The lowest BCUT2D eigenvalue weighted by atomic mass is 9.89. The monoisotopic (exact) mass is 962 g/mol. The topological polar surface area (TPSA) is 0 Å². The summed E-state index contributed by atoms with van der Waals surface area (Å²) in [4.78, 5) is 0. The molecule has 0 aliphatic heterocycles. The van der Waals surface area contributed by atoms with E-state index >= 15 is 0 Å². The lowest BCUT2D eigenvalue weighted by Crippen LogP contribution is -1.90. The molecule has 0 saturated heterocycles. The zero-order valence-electron chi connectivity index (χ0n) is 37.3. The van der Waals surface area contributed by atoms with Crippen molar-refractivity contribution in [3.63, 3.8) is 0 Å². The van der Waals surface area contributed by atoms with Crippen LogP contribution < -0.4 is 0 Å². The summed E-state index contributed by atoms with van der Waals surface area (Å²) < 4.78 is 0. The van der Waals surface area contributed by atoms with Crippen molar-refractivity contribution in [3.05, 3.63) is 255 Å². The highest BCUT2D eigenvalue weighted by Crippen LogP contribution is 2.39. The van der Waals surface area contributed by atoms with E-state index in [1.165, 1.54) is 100 Å². The smallest absolute Gasteiger partial charge is 0.0171 e. The van der Waals surface area contributed by atoms with E-state index in [2.05, 4.69) is 255 Å². The minimum atomic E-state index is 0. The molecule has 10 heteroatoms. The third-order valence-corrected chi connectivity index (χ3v) is 11.5. The van der Waals surface area contributed by atoms with Crippen molar-refractivity contribution < 1.29 is 47.0 Å². The van der Waals surface area contributed by atoms with Crippen LogP contribution >= 0.6 is 0 Å². The van der Waals surface area contributed by atoms with Crippen molar-refractivity contribution in [2.45, 2.75) is 0 Å². The van der Waals surface area contributed by atoms with Gasteiger partial charge in [0, 0.05) is 0 Å². The molecule has 362 valence electrons. The fourth-order valence-corrected chi connectivity index (χ4v) is 8.20. The third kappa shape index (κ3) is 13.4. The Kier molecular flexibility index (Phi) is 24.6. The van der Waals surface area contributed by atoms with E-state index in [0.29, 0.717) is 0 Å². The molecule has 10 rings (SSSR count). The Morgan fingerprint density at radius 1 is 0.100 bits per heavy atom. The highest BCUT2D eigenvalue weighted by atomic mass is 19.0. The summed E-state index contributed by atoms with van der Waals surface area (Å²) in [6.07, 6.45) is 0. The SMILES string of the molecule is F.F.F.F.F.F.F.F.F.F.c1ccc(-c2ccc(-c3cc(-c4ccc(-c5ccccc5)cc4)cc(-c4cc(-c5ccc(-c6ccccc6)cc5)cc(-c5ccc(-c6ccccc6)cc5)c4)c3)cc2)cc1. The normalized spacial score (nSPS) is 9.43. The van der Waals surface area contributed by atoms with E-state index in [9.17, 15) is 0 Å². The molecule has 0 amide bonds. The van der Waals surface area contributed by atoms with Gasteiger partial charge in [0.25, 0.3) is 0 Å². The van der Waals surface area contributed by atoms with Crippen LogP contribution in [-0.2, 0) is 0 Å². The first-order valence-electron chi connectivity index (χ1n) is 20.6. The average molecular weight is 963 g/mol. The number of benzene rings is 10. The molecular formula is C60H52F10. The molecule has 70 heavy (non-hydrogen) atoms. The molecule has 0 atom stereocenters. The van der Waals surface area contributed by atoms with Gasteiger partial charge in [0.15, 0.2) is 0 Å². The van der Waals surface area contributed by atoms with Crippen molar-refractivity contribution >= 4 is 0 Å². The number of halogens is 10. The van der Waals surface area contributed by atoms with Crippen LogP contribution in [0.1, 0.15) is 0 Å². The highest BCUT2D eigenvalue weighted by Gasteiger charge is 2.13. The predicted octanol–water partition coefficient (Wildman–Crippen LogP) is 18.2. The molecule has 0 aromatic heterocycles. The molecule has 0 aliphatic carbocycles. The summed E-state index contributed by atoms with van der Waals surface area (Å²) in [7, 11) is 0. The zero-order chi connectivity index (χ0) is 40.1. The largest absolute Gasteiger partial charge is 0.269 e. The Morgan fingerprint density at radius 2 is 0.200 bits per heavy atom. The molecule has 0 nitrogen and oxygen atoms in total. The van der Waals surface area contributed by atoms with Crippen LogP contribution in [0.15, 0.2) is 255 Å². The van der Waals surface area contributed by atoms with Crippen molar-refractivity contribution in [2.75, 3.05) is 0 Å². The molecule has 10 aromatic rings. The van der Waals surface area contributed by atoms with E-state index in [0.717, 1.165) is 0 Å². The first kappa shape index (κ1) is 61.5. The molecule has 10 aromatic carbocycles. The molecule has 0 heterocycles. The maximum Gasteiger partial charge on any atom is -0.0171 e. The van der Waals surface area contributed by atoms with Gasteiger partial charge in [-0.25, -0.2) is 0 Å². The molecule has 0 bridgehead atoms. The summed E-state index contributed by atoms with van der Waals surface area (Å²) in [6.45, 7) is 0. The van der Waals surface area contributed by atoms with Crippen LogP contribution in [0, 0.1) is 0 Å². The van der Waals surface area contributed by atoms with Crippen LogP contribution in [0.5, 0.6) is 0 Å². The van der Waals surface area contributed by atoms with E-state index in [1.807, 2.05) is 0 Å². The Bertz CT molecular complexity index is 2610. The predicted molar refractivity (Wildman–Crippen MR) is 280 cm³/mol. The van der Waals surface area contributed by atoms with Gasteiger partial charge in [0.1, 0.15) is 0 Å². The fraction of sp³-hybridized carbons (Fsp3) is 0. The summed E-state index contributed by atoms with van der Waals surface area (Å²) in [6, 6.07) is 92.5. The van der Waals surface area contributed by atoms with E-state index < -0.39 is 0 Å². The van der Waals surface area contributed by atoms with Gasteiger partial charge in [-0.05, 0) is 137 Å². The van der Waals surface area contributed by atoms with Crippen molar-refractivity contribution in [1.29, 1.82) is 0 Å². The van der Waals surface area contributed by atoms with Crippen LogP contribution in [0.2, 0.25) is 0 Å². The Hall–Kier alpha value is -8.50. The Morgan fingerprint density at radius 3 is 0.343 bits per heavy atom. The summed E-state index contributed by atoms with van der Waals surface area (Å²) in [5, 5.41) is 0. The van der Waals surface area contributed by atoms with Crippen LogP contribution in [0.3, 0.4) is 0 Å². The summed E-state index contributed by atoms with van der Waals surface area (Å²) in [5.41, 5.74) is 21.5. The summed E-state index contributed by atoms with van der Waals surface area (Å²) >= 11 is 0. The molecule has 0 fully saturated rings. The molecule has 0 saturated carbocycles. The Labute approximate surface area is 400 Å². The second kappa shape index (κ2) is 28.0. The van der Waals surface area contributed by atoms with Gasteiger partial charge in [-0.2, -0.15) is 0 Å². The third-order valence-electron chi connectivity index (χ3n) is 11.5. The van der Waals surface area contributed by atoms with Gasteiger partial charge in [0.2, 0.25) is 0 Å². The molecule has 0 radical (unpaired) electrons. The standard InChI is InChI=1S/C60H42.10FH/c1-5-13-43(14-6-1)47-21-29-51(30-22-47)55-37-56(52-31-23-48(24-32-52)44-15-7-2-8-16-44)40-59(39-55)60-41-57(53-33-25-49(26-34-53)45-17-9-3-10-18-45)38-58(42-60)54-35-27-50(28-36-54)46-19-11-4-12-20-46;;;;;;;;;;/h1-42H;10*1H. The minimum absolute atomic E-state index is 0. The lowest BCUT2D eigenvalue weighted by molar-refractivity contribution is 1.11. The number of hydrogen-bond acceptors (Lipinski definition) is 0. The lowest BCUT2D eigenvalue weighted by Gasteiger charge is -2.15. The van der Waals surface area contributed by atoms with Gasteiger partial charge in [0.05, 0.1) is 0 Å². The van der Waals surface area contributed by atoms with Gasteiger partial charge >= 0.3 is 0 Å². The molecule has 0 spiro atoms. The van der Waals surface area contributed by atoms with Gasteiger partial charge in [-0.15, -0.1) is 0 Å². The van der Waals surface area contributed by atoms with Gasteiger partial charge in [-0.1, -0.05) is 218 Å². The van der Waals surface area contributed by atoms with Gasteiger partial charge in [-0.3, -0.25) is 47.0 Å². The maximum atomic E-state index is 2.36. The number of rotatable bonds is 9. The maximum absolute atomic E-state index is 2.36. The second-order valence-corrected chi connectivity index (χ2v) is 15.4. The molecule has 0 N–H and O–H groups in total. The second-order valence-electron chi connectivity index (χ2n) is 15.4. The Balaban J connectivity index is 0.00000476. The number of hydrogen-bond donors (Lipinski definition) is 0. The minimum Gasteiger partial charge on any atom is -0.269 e.